The van der Waals surface area contributed by atoms with Crippen LogP contribution in [-0.2, 0) is 24.2 Å². The Labute approximate surface area is 184 Å². The van der Waals surface area contributed by atoms with Gasteiger partial charge in [0.25, 0.3) is 5.91 Å². The first-order chi connectivity index (χ1) is 14.9. The molecule has 0 aromatic heterocycles. The van der Waals surface area contributed by atoms with Crippen molar-refractivity contribution >= 4 is 21.6 Å². The molecule has 2 heterocycles. The fourth-order valence-corrected chi connectivity index (χ4v) is 5.00. The summed E-state index contributed by atoms with van der Waals surface area (Å²) in [5, 5.41) is 2.91. The van der Waals surface area contributed by atoms with Gasteiger partial charge >= 0.3 is 0 Å². The predicted octanol–water partition coefficient (Wildman–Crippen LogP) is 1.09. The molecular formula is C21H33N3O6S. The Balaban J connectivity index is 1.80. The van der Waals surface area contributed by atoms with Crippen molar-refractivity contribution in [3.05, 3.63) is 23.8 Å². The third-order valence-electron chi connectivity index (χ3n) is 5.23. The average Bonchev–Trinajstić information content (AvgIpc) is 2.79. The first-order valence-corrected chi connectivity index (χ1v) is 12.3. The number of rotatable bonds is 9. The molecule has 1 amide bonds. The highest BCUT2D eigenvalue weighted by atomic mass is 32.2. The van der Waals surface area contributed by atoms with E-state index in [0.29, 0.717) is 77.7 Å². The Morgan fingerprint density at radius 1 is 1.10 bits per heavy atom. The lowest BCUT2D eigenvalue weighted by Crippen LogP contribution is -2.41. The summed E-state index contributed by atoms with van der Waals surface area (Å²) in [7, 11) is -3.69. The maximum Gasteiger partial charge on any atom is 0.253 e. The van der Waals surface area contributed by atoms with Gasteiger partial charge in [-0.25, -0.2) is 8.42 Å². The van der Waals surface area contributed by atoms with Gasteiger partial charge in [-0.1, -0.05) is 0 Å². The highest BCUT2D eigenvalue weighted by Crippen LogP contribution is 2.27. The van der Waals surface area contributed by atoms with Gasteiger partial charge in [0.2, 0.25) is 10.0 Å². The number of nitrogens with zero attached hydrogens (tertiary/aromatic N) is 2. The van der Waals surface area contributed by atoms with Gasteiger partial charge in [0, 0.05) is 45.0 Å². The first-order valence-electron chi connectivity index (χ1n) is 10.8. The Morgan fingerprint density at radius 3 is 2.39 bits per heavy atom. The highest BCUT2D eigenvalue weighted by molar-refractivity contribution is 7.89. The van der Waals surface area contributed by atoms with Gasteiger partial charge in [-0.2, -0.15) is 4.31 Å². The minimum atomic E-state index is -3.69. The van der Waals surface area contributed by atoms with Gasteiger partial charge in [-0.05, 0) is 38.5 Å². The lowest BCUT2D eigenvalue weighted by atomic mass is 10.1. The van der Waals surface area contributed by atoms with E-state index in [1.165, 1.54) is 10.4 Å². The molecule has 2 aliphatic rings. The van der Waals surface area contributed by atoms with E-state index in [-0.39, 0.29) is 16.9 Å². The van der Waals surface area contributed by atoms with Crippen LogP contribution in [0, 0.1) is 0 Å². The molecule has 1 aromatic carbocycles. The standard InChI is InChI=1S/C21H33N3O6S/c1-17(2)30-11-3-6-22-21(25)19-16-18(31(26,27)24-9-14-29-15-10-24)4-5-20(19)23-7-12-28-13-8-23/h4-5,16-17H,3,6-15H2,1-2H3,(H,22,25). The first kappa shape index (κ1) is 23.9. The summed E-state index contributed by atoms with van der Waals surface area (Å²) in [6, 6.07) is 4.81. The zero-order chi connectivity index (χ0) is 22.3. The Kier molecular flexibility index (Phi) is 8.67. The minimum Gasteiger partial charge on any atom is -0.379 e. The van der Waals surface area contributed by atoms with Crippen LogP contribution < -0.4 is 10.2 Å². The number of amides is 1. The quantitative estimate of drug-likeness (QED) is 0.557. The Bertz CT molecular complexity index is 834. The lowest BCUT2D eigenvalue weighted by molar-refractivity contribution is 0.0730. The molecule has 174 valence electrons. The van der Waals surface area contributed by atoms with Crippen molar-refractivity contribution in [2.45, 2.75) is 31.3 Å². The Hall–Kier alpha value is -1.72. The fourth-order valence-electron chi connectivity index (χ4n) is 3.56. The molecule has 2 aliphatic heterocycles. The third kappa shape index (κ3) is 6.39. The maximum absolute atomic E-state index is 13.1. The summed E-state index contributed by atoms with van der Waals surface area (Å²) < 4.78 is 43.8. The molecule has 1 N–H and O–H groups in total. The van der Waals surface area contributed by atoms with E-state index in [4.69, 9.17) is 14.2 Å². The summed E-state index contributed by atoms with van der Waals surface area (Å²) in [6.07, 6.45) is 0.827. The van der Waals surface area contributed by atoms with Crippen molar-refractivity contribution in [2.24, 2.45) is 0 Å². The van der Waals surface area contributed by atoms with Gasteiger partial charge in [0.1, 0.15) is 0 Å². The molecule has 0 unspecified atom stereocenters. The van der Waals surface area contributed by atoms with Gasteiger partial charge in [-0.3, -0.25) is 4.79 Å². The SMILES string of the molecule is CC(C)OCCCNC(=O)c1cc(S(=O)(=O)N2CCOCC2)ccc1N1CCOCC1. The van der Waals surface area contributed by atoms with Crippen molar-refractivity contribution in [3.63, 3.8) is 0 Å². The van der Waals surface area contributed by atoms with Crippen LogP contribution in [0.4, 0.5) is 5.69 Å². The molecule has 1 aromatic rings. The van der Waals surface area contributed by atoms with E-state index in [0.717, 1.165) is 5.69 Å². The van der Waals surface area contributed by atoms with Crippen LogP contribution in [0.15, 0.2) is 23.1 Å². The number of hydrogen-bond donors (Lipinski definition) is 1. The molecule has 2 fully saturated rings. The van der Waals surface area contributed by atoms with Crippen LogP contribution in [0.5, 0.6) is 0 Å². The lowest BCUT2D eigenvalue weighted by Gasteiger charge is -2.31. The van der Waals surface area contributed by atoms with Gasteiger partial charge in [0.05, 0.1) is 43.0 Å². The number of hydrogen-bond acceptors (Lipinski definition) is 7. The van der Waals surface area contributed by atoms with Crippen LogP contribution in [-0.4, -0.2) is 90.5 Å². The summed E-state index contributed by atoms with van der Waals surface area (Å²) in [4.78, 5) is 15.2. The second-order valence-corrected chi connectivity index (χ2v) is 9.76. The molecule has 0 saturated carbocycles. The molecule has 0 atom stereocenters. The van der Waals surface area contributed by atoms with E-state index in [1.807, 2.05) is 13.8 Å². The molecule has 9 nitrogen and oxygen atoms in total. The zero-order valence-electron chi connectivity index (χ0n) is 18.3. The van der Waals surface area contributed by atoms with E-state index in [2.05, 4.69) is 10.2 Å². The molecule has 3 rings (SSSR count). The van der Waals surface area contributed by atoms with Gasteiger partial charge in [-0.15, -0.1) is 0 Å². The number of sulfonamides is 1. The average molecular weight is 456 g/mol. The van der Waals surface area contributed by atoms with Crippen LogP contribution in [0.3, 0.4) is 0 Å². The second kappa shape index (κ2) is 11.2. The summed E-state index contributed by atoms with van der Waals surface area (Å²) in [5.74, 6) is -0.287. The van der Waals surface area contributed by atoms with E-state index in [1.54, 1.807) is 12.1 Å². The summed E-state index contributed by atoms with van der Waals surface area (Å²) >= 11 is 0. The largest absolute Gasteiger partial charge is 0.379 e. The third-order valence-corrected chi connectivity index (χ3v) is 7.12. The van der Waals surface area contributed by atoms with E-state index < -0.39 is 10.0 Å². The molecule has 31 heavy (non-hydrogen) atoms. The molecule has 0 aliphatic carbocycles. The number of benzene rings is 1. The monoisotopic (exact) mass is 455 g/mol. The normalized spacial score (nSPS) is 18.4. The fraction of sp³-hybridized carbons (Fsp3) is 0.667. The number of nitrogens with one attached hydrogen (secondary N) is 1. The maximum atomic E-state index is 13.1. The van der Waals surface area contributed by atoms with Crippen molar-refractivity contribution < 1.29 is 27.4 Å². The van der Waals surface area contributed by atoms with Crippen LogP contribution in [0.2, 0.25) is 0 Å². The number of morpholine rings is 2. The molecule has 0 radical (unpaired) electrons. The number of carbonyl (C=O) groups is 1. The smallest absolute Gasteiger partial charge is 0.253 e. The van der Waals surface area contributed by atoms with Crippen molar-refractivity contribution in [3.8, 4) is 0 Å². The second-order valence-electron chi connectivity index (χ2n) is 7.82. The summed E-state index contributed by atoms with van der Waals surface area (Å²) in [5.41, 5.74) is 1.08. The van der Waals surface area contributed by atoms with Gasteiger partial charge < -0.3 is 24.4 Å². The summed E-state index contributed by atoms with van der Waals surface area (Å²) in [6.45, 7) is 8.75. The van der Waals surface area contributed by atoms with Crippen LogP contribution >= 0.6 is 0 Å². The molecule has 0 spiro atoms. The van der Waals surface area contributed by atoms with Crippen LogP contribution in [0.25, 0.3) is 0 Å². The number of ether oxygens (including phenoxy) is 3. The predicted molar refractivity (Wildman–Crippen MR) is 117 cm³/mol. The highest BCUT2D eigenvalue weighted by Gasteiger charge is 2.28. The van der Waals surface area contributed by atoms with E-state index in [9.17, 15) is 13.2 Å². The minimum absolute atomic E-state index is 0.125. The van der Waals surface area contributed by atoms with E-state index >= 15 is 0 Å². The molecule has 10 heteroatoms. The van der Waals surface area contributed by atoms with Crippen molar-refractivity contribution in [2.75, 3.05) is 70.7 Å². The number of carbonyl (C=O) groups excluding carboxylic acids is 1. The molecule has 0 bridgehead atoms. The van der Waals surface area contributed by atoms with Gasteiger partial charge in [0.15, 0.2) is 0 Å². The van der Waals surface area contributed by atoms with Crippen LogP contribution in [0.1, 0.15) is 30.6 Å². The number of anilines is 1. The van der Waals surface area contributed by atoms with Crippen molar-refractivity contribution in [1.82, 2.24) is 9.62 Å². The zero-order valence-corrected chi connectivity index (χ0v) is 19.2. The molecular weight excluding hydrogens is 422 g/mol. The molecule has 2 saturated heterocycles. The van der Waals surface area contributed by atoms with Crippen molar-refractivity contribution in [1.29, 1.82) is 0 Å². The Morgan fingerprint density at radius 2 is 1.74 bits per heavy atom. The topological polar surface area (TPSA) is 97.4 Å².